The number of pyridine rings is 1. The zero-order valence-electron chi connectivity index (χ0n) is 13.7. The first-order valence-electron chi connectivity index (χ1n) is 7.79. The number of aromatic nitrogens is 1. The van der Waals surface area contributed by atoms with E-state index in [0.29, 0.717) is 22.9 Å². The molecule has 0 unspecified atom stereocenters. The summed E-state index contributed by atoms with van der Waals surface area (Å²) in [5.74, 6) is 0.455. The van der Waals surface area contributed by atoms with E-state index in [-0.39, 0.29) is 5.91 Å². The van der Waals surface area contributed by atoms with Crippen LogP contribution in [0.3, 0.4) is 0 Å². The molecule has 1 N–H and O–H groups in total. The van der Waals surface area contributed by atoms with Gasteiger partial charge in [-0.15, -0.1) is 0 Å². The summed E-state index contributed by atoms with van der Waals surface area (Å²) in [6.07, 6.45) is 3.44. The number of rotatable bonds is 5. The van der Waals surface area contributed by atoms with Crippen molar-refractivity contribution in [2.75, 3.05) is 7.11 Å². The molecule has 0 atom stereocenters. The molecule has 2 aromatic carbocycles. The fraction of sp³-hybridized carbons (Fsp3) is 0.100. The molecule has 1 heterocycles. The topological polar surface area (TPSA) is 51.2 Å². The first-order chi connectivity index (χ1) is 12.2. The molecule has 3 aromatic rings. The van der Waals surface area contributed by atoms with Gasteiger partial charge in [-0.05, 0) is 47.5 Å². The zero-order valence-corrected chi connectivity index (χ0v) is 14.5. The Balaban J connectivity index is 1.78. The predicted molar refractivity (Wildman–Crippen MR) is 98.8 cm³/mol. The van der Waals surface area contributed by atoms with E-state index in [1.54, 1.807) is 37.7 Å². The standard InChI is InChI=1S/C20H17ClN2O2/c1-25-19-12-15(6-7-17(19)14-8-10-22-11-9-14)20(24)23-13-16-4-2-3-5-18(16)21/h2-12H,13H2,1H3,(H,23,24). The van der Waals surface area contributed by atoms with Crippen molar-refractivity contribution in [3.63, 3.8) is 0 Å². The lowest BCUT2D eigenvalue weighted by Gasteiger charge is -2.11. The van der Waals surface area contributed by atoms with Crippen molar-refractivity contribution in [2.24, 2.45) is 0 Å². The van der Waals surface area contributed by atoms with Gasteiger partial charge in [0.1, 0.15) is 5.75 Å². The lowest BCUT2D eigenvalue weighted by Crippen LogP contribution is -2.23. The maximum atomic E-state index is 12.4. The third kappa shape index (κ3) is 3.98. The van der Waals surface area contributed by atoms with Crippen LogP contribution in [0.15, 0.2) is 67.0 Å². The molecule has 4 nitrogen and oxygen atoms in total. The van der Waals surface area contributed by atoms with E-state index >= 15 is 0 Å². The number of halogens is 1. The van der Waals surface area contributed by atoms with Crippen LogP contribution in [-0.4, -0.2) is 18.0 Å². The van der Waals surface area contributed by atoms with E-state index in [1.807, 2.05) is 36.4 Å². The molecule has 25 heavy (non-hydrogen) atoms. The number of hydrogen-bond donors (Lipinski definition) is 1. The van der Waals surface area contributed by atoms with Crippen molar-refractivity contribution < 1.29 is 9.53 Å². The Labute approximate surface area is 151 Å². The Hall–Kier alpha value is -2.85. The summed E-state index contributed by atoms with van der Waals surface area (Å²) in [7, 11) is 1.59. The largest absolute Gasteiger partial charge is 0.496 e. The van der Waals surface area contributed by atoms with Gasteiger partial charge in [0.15, 0.2) is 0 Å². The summed E-state index contributed by atoms with van der Waals surface area (Å²) in [6.45, 7) is 0.368. The third-order valence-corrected chi connectivity index (χ3v) is 4.22. The Kier molecular flexibility index (Phi) is 5.31. The Bertz CT molecular complexity index is 882. The van der Waals surface area contributed by atoms with Gasteiger partial charge in [0.05, 0.1) is 7.11 Å². The summed E-state index contributed by atoms with van der Waals surface area (Å²) in [5, 5.41) is 3.51. The molecule has 1 amide bonds. The summed E-state index contributed by atoms with van der Waals surface area (Å²) < 4.78 is 5.45. The summed E-state index contributed by atoms with van der Waals surface area (Å²) in [5.41, 5.74) is 3.29. The third-order valence-electron chi connectivity index (χ3n) is 3.85. The van der Waals surface area contributed by atoms with Crippen LogP contribution in [0.1, 0.15) is 15.9 Å². The molecule has 0 saturated carbocycles. The van der Waals surface area contributed by atoms with Crippen LogP contribution in [-0.2, 0) is 6.54 Å². The number of carbonyl (C=O) groups excluding carboxylic acids is 1. The minimum Gasteiger partial charge on any atom is -0.496 e. The lowest BCUT2D eigenvalue weighted by molar-refractivity contribution is 0.0950. The van der Waals surface area contributed by atoms with Gasteiger partial charge >= 0.3 is 0 Å². The molecular formula is C20H17ClN2O2. The normalized spacial score (nSPS) is 10.3. The highest BCUT2D eigenvalue weighted by Crippen LogP contribution is 2.30. The fourth-order valence-corrected chi connectivity index (χ4v) is 2.72. The van der Waals surface area contributed by atoms with Crippen molar-refractivity contribution in [1.29, 1.82) is 0 Å². The molecule has 0 saturated heterocycles. The molecule has 0 fully saturated rings. The van der Waals surface area contributed by atoms with Gasteiger partial charge in [-0.1, -0.05) is 29.8 Å². The average molecular weight is 353 g/mol. The van der Waals surface area contributed by atoms with E-state index in [1.165, 1.54) is 0 Å². The van der Waals surface area contributed by atoms with Gasteiger partial charge < -0.3 is 10.1 Å². The van der Waals surface area contributed by atoms with Crippen LogP contribution in [0.2, 0.25) is 5.02 Å². The maximum Gasteiger partial charge on any atom is 0.251 e. The van der Waals surface area contributed by atoms with Gasteiger partial charge in [0.25, 0.3) is 5.91 Å². The minimum absolute atomic E-state index is 0.181. The van der Waals surface area contributed by atoms with Crippen LogP contribution in [0.25, 0.3) is 11.1 Å². The van der Waals surface area contributed by atoms with Gasteiger partial charge in [-0.3, -0.25) is 9.78 Å². The minimum atomic E-state index is -0.181. The van der Waals surface area contributed by atoms with Crippen LogP contribution >= 0.6 is 11.6 Å². The molecule has 0 aliphatic rings. The number of ether oxygens (including phenoxy) is 1. The number of methoxy groups -OCH3 is 1. The van der Waals surface area contributed by atoms with Gasteiger partial charge in [-0.2, -0.15) is 0 Å². The highest BCUT2D eigenvalue weighted by molar-refractivity contribution is 6.31. The first kappa shape index (κ1) is 17.0. The van der Waals surface area contributed by atoms with E-state index in [9.17, 15) is 4.79 Å². The van der Waals surface area contributed by atoms with E-state index in [0.717, 1.165) is 16.7 Å². The molecule has 3 rings (SSSR count). The van der Waals surface area contributed by atoms with Crippen LogP contribution < -0.4 is 10.1 Å². The Morgan fingerprint density at radius 2 is 1.88 bits per heavy atom. The average Bonchev–Trinajstić information content (AvgIpc) is 2.67. The number of benzene rings is 2. The molecule has 0 spiro atoms. The maximum absolute atomic E-state index is 12.4. The molecule has 0 radical (unpaired) electrons. The quantitative estimate of drug-likeness (QED) is 0.743. The predicted octanol–water partition coefficient (Wildman–Crippen LogP) is 4.34. The molecule has 0 aliphatic carbocycles. The van der Waals surface area contributed by atoms with Gasteiger partial charge in [0, 0.05) is 35.1 Å². The molecule has 5 heteroatoms. The lowest BCUT2D eigenvalue weighted by atomic mass is 10.0. The zero-order chi connectivity index (χ0) is 17.6. The second kappa shape index (κ2) is 7.81. The van der Waals surface area contributed by atoms with Crippen molar-refractivity contribution >= 4 is 17.5 Å². The molecule has 0 aliphatic heterocycles. The van der Waals surface area contributed by atoms with Gasteiger partial charge in [-0.25, -0.2) is 0 Å². The van der Waals surface area contributed by atoms with Crippen LogP contribution in [0.5, 0.6) is 5.75 Å². The summed E-state index contributed by atoms with van der Waals surface area (Å²) in [4.78, 5) is 16.4. The first-order valence-corrected chi connectivity index (χ1v) is 8.17. The second-order valence-corrected chi connectivity index (χ2v) is 5.83. The monoisotopic (exact) mass is 352 g/mol. The van der Waals surface area contributed by atoms with E-state index in [2.05, 4.69) is 10.3 Å². The van der Waals surface area contributed by atoms with E-state index in [4.69, 9.17) is 16.3 Å². The fourth-order valence-electron chi connectivity index (χ4n) is 2.52. The molecular weight excluding hydrogens is 336 g/mol. The second-order valence-electron chi connectivity index (χ2n) is 5.43. The number of nitrogens with one attached hydrogen (secondary N) is 1. The number of nitrogens with zero attached hydrogens (tertiary/aromatic N) is 1. The molecule has 1 aromatic heterocycles. The number of amides is 1. The number of carbonyl (C=O) groups is 1. The Morgan fingerprint density at radius 3 is 2.60 bits per heavy atom. The van der Waals surface area contributed by atoms with Gasteiger partial charge in [0.2, 0.25) is 0 Å². The highest BCUT2D eigenvalue weighted by Gasteiger charge is 2.12. The van der Waals surface area contributed by atoms with Crippen molar-refractivity contribution in [3.8, 4) is 16.9 Å². The van der Waals surface area contributed by atoms with Crippen LogP contribution in [0, 0.1) is 0 Å². The van der Waals surface area contributed by atoms with Crippen molar-refractivity contribution in [2.45, 2.75) is 6.54 Å². The molecule has 126 valence electrons. The Morgan fingerprint density at radius 1 is 1.12 bits per heavy atom. The van der Waals surface area contributed by atoms with Crippen molar-refractivity contribution in [1.82, 2.24) is 10.3 Å². The highest BCUT2D eigenvalue weighted by atomic mass is 35.5. The summed E-state index contributed by atoms with van der Waals surface area (Å²) in [6, 6.07) is 16.6. The van der Waals surface area contributed by atoms with Crippen molar-refractivity contribution in [3.05, 3.63) is 83.1 Å². The molecule has 0 bridgehead atoms. The van der Waals surface area contributed by atoms with Crippen LogP contribution in [0.4, 0.5) is 0 Å². The van der Waals surface area contributed by atoms with E-state index < -0.39 is 0 Å². The SMILES string of the molecule is COc1cc(C(=O)NCc2ccccc2Cl)ccc1-c1ccncc1. The number of hydrogen-bond acceptors (Lipinski definition) is 3. The smallest absolute Gasteiger partial charge is 0.251 e. The summed E-state index contributed by atoms with van der Waals surface area (Å²) >= 11 is 6.11.